The van der Waals surface area contributed by atoms with Crippen molar-refractivity contribution in [3.05, 3.63) is 82.1 Å². The predicted molar refractivity (Wildman–Crippen MR) is 122 cm³/mol. The number of benzene rings is 2. The molecule has 1 unspecified atom stereocenters. The van der Waals surface area contributed by atoms with Gasteiger partial charge < -0.3 is 20.3 Å². The molecule has 3 aliphatic heterocycles. The average Bonchev–Trinajstić information content (AvgIpc) is 3.17. The van der Waals surface area contributed by atoms with E-state index < -0.39 is 0 Å². The van der Waals surface area contributed by atoms with Crippen LogP contribution in [0.2, 0.25) is 5.02 Å². The second kappa shape index (κ2) is 8.64. The fourth-order valence-corrected chi connectivity index (χ4v) is 4.45. The number of nitriles is 1. The van der Waals surface area contributed by atoms with Gasteiger partial charge in [0.15, 0.2) is 0 Å². The van der Waals surface area contributed by atoms with Gasteiger partial charge in [-0.15, -0.1) is 0 Å². The molecule has 0 amide bonds. The largest absolute Gasteiger partial charge is 0.379 e. The van der Waals surface area contributed by atoms with Crippen molar-refractivity contribution in [2.75, 3.05) is 39.4 Å². The molecule has 3 aliphatic rings. The van der Waals surface area contributed by atoms with Gasteiger partial charge in [0.25, 0.3) is 0 Å². The summed E-state index contributed by atoms with van der Waals surface area (Å²) in [5, 5.41) is 17.5. The van der Waals surface area contributed by atoms with Crippen molar-refractivity contribution in [2.45, 2.75) is 6.17 Å². The summed E-state index contributed by atoms with van der Waals surface area (Å²) in [5.41, 5.74) is 6.03. The van der Waals surface area contributed by atoms with Crippen LogP contribution in [0.5, 0.6) is 0 Å². The Balaban J connectivity index is 1.54. The molecule has 0 aliphatic carbocycles. The first-order valence-electron chi connectivity index (χ1n) is 10.5. The molecule has 31 heavy (non-hydrogen) atoms. The summed E-state index contributed by atoms with van der Waals surface area (Å²) in [5.74, 6) is 0. The molecular weight excluding hydrogens is 410 g/mol. The highest BCUT2D eigenvalue weighted by Gasteiger charge is 2.35. The van der Waals surface area contributed by atoms with Gasteiger partial charge in [-0.1, -0.05) is 41.9 Å². The third kappa shape index (κ3) is 4.00. The molecule has 2 N–H and O–H groups in total. The lowest BCUT2D eigenvalue weighted by Crippen LogP contribution is -2.47. The van der Waals surface area contributed by atoms with Gasteiger partial charge in [-0.25, -0.2) is 0 Å². The van der Waals surface area contributed by atoms with Crippen LogP contribution in [0.15, 0.2) is 60.4 Å². The average molecular weight is 434 g/mol. The van der Waals surface area contributed by atoms with Gasteiger partial charge >= 0.3 is 0 Å². The number of nitrogens with zero attached hydrogens (tertiary/aromatic N) is 3. The monoisotopic (exact) mass is 433 g/mol. The Labute approximate surface area is 187 Å². The Hall–Kier alpha value is -2.98. The predicted octanol–water partition coefficient (Wildman–Crippen LogP) is 3.05. The molecule has 2 aromatic carbocycles. The third-order valence-electron chi connectivity index (χ3n) is 5.95. The lowest BCUT2D eigenvalue weighted by atomic mass is 10.0. The van der Waals surface area contributed by atoms with E-state index in [9.17, 15) is 5.26 Å². The van der Waals surface area contributed by atoms with E-state index in [0.29, 0.717) is 5.56 Å². The second-order valence-electron chi connectivity index (χ2n) is 7.87. The Bertz CT molecular complexity index is 1070. The van der Waals surface area contributed by atoms with Crippen molar-refractivity contribution < 1.29 is 4.74 Å². The van der Waals surface area contributed by atoms with E-state index in [1.807, 2.05) is 36.4 Å². The summed E-state index contributed by atoms with van der Waals surface area (Å²) in [7, 11) is 0. The van der Waals surface area contributed by atoms with E-state index >= 15 is 0 Å². The second-order valence-corrected chi connectivity index (χ2v) is 8.30. The topological polar surface area (TPSA) is 63.6 Å². The van der Waals surface area contributed by atoms with Gasteiger partial charge in [-0.2, -0.15) is 5.26 Å². The van der Waals surface area contributed by atoms with Crippen molar-refractivity contribution in [3.63, 3.8) is 0 Å². The lowest BCUT2D eigenvalue weighted by molar-refractivity contribution is 0.0398. The van der Waals surface area contributed by atoms with E-state index in [-0.39, 0.29) is 6.17 Å². The zero-order chi connectivity index (χ0) is 21.2. The van der Waals surface area contributed by atoms with E-state index in [1.54, 1.807) is 0 Å². The molecule has 7 heteroatoms. The molecule has 1 fully saturated rings. The number of halogens is 1. The van der Waals surface area contributed by atoms with Crippen LogP contribution in [-0.2, 0) is 4.74 Å². The van der Waals surface area contributed by atoms with Crippen molar-refractivity contribution in [1.82, 2.24) is 20.4 Å². The minimum atomic E-state index is 0.111. The molecule has 0 bridgehead atoms. The number of nitrogens with one attached hydrogen (secondary N) is 2. The first kappa shape index (κ1) is 20.0. The molecule has 6 nitrogen and oxygen atoms in total. The molecule has 2 aromatic rings. The number of ether oxygens (including phenoxy) is 1. The Kier molecular flexibility index (Phi) is 5.56. The van der Waals surface area contributed by atoms with Crippen LogP contribution in [0.4, 0.5) is 0 Å². The fourth-order valence-electron chi connectivity index (χ4n) is 4.32. The number of fused-ring (bicyclic) bond motifs is 1. The number of hydrogen-bond acceptors (Lipinski definition) is 6. The first-order chi connectivity index (χ1) is 15.2. The normalized spacial score (nSPS) is 21.1. The van der Waals surface area contributed by atoms with Gasteiger partial charge in [0.05, 0.1) is 48.5 Å². The summed E-state index contributed by atoms with van der Waals surface area (Å²) in [4.78, 5) is 4.75. The molecule has 0 saturated carbocycles. The summed E-state index contributed by atoms with van der Waals surface area (Å²) in [6.45, 7) is 4.92. The molecule has 0 radical (unpaired) electrons. The zero-order valence-corrected chi connectivity index (χ0v) is 17.9. The zero-order valence-electron chi connectivity index (χ0n) is 17.1. The summed E-state index contributed by atoms with van der Waals surface area (Å²) in [6.07, 6.45) is 2.25. The highest BCUT2D eigenvalue weighted by atomic mass is 35.5. The lowest BCUT2D eigenvalue weighted by Gasteiger charge is -2.35. The van der Waals surface area contributed by atoms with E-state index in [1.165, 1.54) is 5.70 Å². The number of morpholine rings is 1. The molecular formula is C24H24ClN5O. The SMILES string of the molecule is N#Cc1ccccc1C1=CN2C(CN3CCOCC3)=C(c3ccc(Cl)cc3)NC2CN1. The van der Waals surface area contributed by atoms with Crippen LogP contribution < -0.4 is 10.6 Å². The molecule has 1 saturated heterocycles. The highest BCUT2D eigenvalue weighted by Crippen LogP contribution is 2.33. The summed E-state index contributed by atoms with van der Waals surface area (Å²) in [6, 6.07) is 18.0. The van der Waals surface area contributed by atoms with E-state index in [2.05, 4.69) is 44.8 Å². The maximum Gasteiger partial charge on any atom is 0.121 e. The standard InChI is InChI=1S/C24H24ClN5O/c25-19-7-5-17(6-8-19)24-22(16-29-9-11-31-12-10-29)30-15-21(27-14-23(30)28-24)20-4-2-1-3-18(20)13-26/h1-8,15,23,27-28H,9-12,14,16H2. The van der Waals surface area contributed by atoms with Gasteiger partial charge in [0.2, 0.25) is 0 Å². The van der Waals surface area contributed by atoms with Crippen molar-refractivity contribution >= 4 is 23.0 Å². The fraction of sp³-hybridized carbons (Fsp3) is 0.292. The van der Waals surface area contributed by atoms with Crippen molar-refractivity contribution in [3.8, 4) is 6.07 Å². The Morgan fingerprint density at radius 1 is 1.10 bits per heavy atom. The van der Waals surface area contributed by atoms with Crippen LogP contribution in [0.1, 0.15) is 16.7 Å². The quantitative estimate of drug-likeness (QED) is 0.772. The minimum Gasteiger partial charge on any atom is -0.379 e. The number of hydrogen-bond donors (Lipinski definition) is 2. The van der Waals surface area contributed by atoms with Crippen LogP contribution in [-0.4, -0.2) is 55.4 Å². The first-order valence-corrected chi connectivity index (χ1v) is 10.9. The van der Waals surface area contributed by atoms with Crippen LogP contribution in [0.3, 0.4) is 0 Å². The van der Waals surface area contributed by atoms with E-state index in [4.69, 9.17) is 16.3 Å². The Morgan fingerprint density at radius 3 is 2.65 bits per heavy atom. The summed E-state index contributed by atoms with van der Waals surface area (Å²) < 4.78 is 5.54. The minimum absolute atomic E-state index is 0.111. The Morgan fingerprint density at radius 2 is 1.87 bits per heavy atom. The van der Waals surface area contributed by atoms with Gasteiger partial charge in [-0.3, -0.25) is 4.90 Å². The molecule has 0 aromatic heterocycles. The maximum atomic E-state index is 9.55. The molecule has 0 spiro atoms. The third-order valence-corrected chi connectivity index (χ3v) is 6.20. The van der Waals surface area contributed by atoms with Crippen LogP contribution in [0, 0.1) is 11.3 Å². The molecule has 1 atom stereocenters. The summed E-state index contributed by atoms with van der Waals surface area (Å²) >= 11 is 6.13. The van der Waals surface area contributed by atoms with E-state index in [0.717, 1.165) is 66.9 Å². The van der Waals surface area contributed by atoms with Crippen LogP contribution in [0.25, 0.3) is 11.4 Å². The molecule has 158 valence electrons. The van der Waals surface area contributed by atoms with Crippen LogP contribution >= 0.6 is 11.6 Å². The van der Waals surface area contributed by atoms with Crippen molar-refractivity contribution in [2.24, 2.45) is 0 Å². The molecule has 5 rings (SSSR count). The molecule has 3 heterocycles. The number of rotatable bonds is 4. The van der Waals surface area contributed by atoms with Gasteiger partial charge in [0, 0.05) is 36.4 Å². The maximum absolute atomic E-state index is 9.55. The van der Waals surface area contributed by atoms with Crippen molar-refractivity contribution in [1.29, 1.82) is 5.26 Å². The van der Waals surface area contributed by atoms with Gasteiger partial charge in [-0.05, 0) is 23.8 Å². The highest BCUT2D eigenvalue weighted by molar-refractivity contribution is 6.30. The van der Waals surface area contributed by atoms with Gasteiger partial charge in [0.1, 0.15) is 6.17 Å². The smallest absolute Gasteiger partial charge is 0.121 e.